The number of hydrogen-bond acceptors (Lipinski definition) is 6. The van der Waals surface area contributed by atoms with Crippen LogP contribution in [0.3, 0.4) is 0 Å². The van der Waals surface area contributed by atoms with E-state index in [1.165, 1.54) is 0 Å². The fourth-order valence-corrected chi connectivity index (χ4v) is 3.99. The van der Waals surface area contributed by atoms with E-state index < -0.39 is 5.97 Å². The number of rotatable bonds is 10. The zero-order valence-electron chi connectivity index (χ0n) is 21.5. The van der Waals surface area contributed by atoms with Crippen molar-refractivity contribution in [2.24, 2.45) is 5.73 Å². The van der Waals surface area contributed by atoms with E-state index in [-0.39, 0.29) is 18.2 Å². The van der Waals surface area contributed by atoms with E-state index in [4.69, 9.17) is 32.0 Å². The number of amides is 2. The zero-order valence-corrected chi connectivity index (χ0v) is 22.2. The molecule has 0 saturated carbocycles. The number of benzene rings is 2. The molecule has 0 aromatic heterocycles. The number of nitrogens with one attached hydrogen (secondary N) is 2. The lowest BCUT2D eigenvalue weighted by atomic mass is 9.98. The van der Waals surface area contributed by atoms with Crippen LogP contribution in [0.5, 0.6) is 5.75 Å². The van der Waals surface area contributed by atoms with Crippen LogP contribution in [0.4, 0.5) is 0 Å². The standard InChI is InChI=1S/C25H31ClN4O3.C2H4O2/c1-17-9-11-30(29-15-18-4-3-5-22(12-18)33-2)25(32)23(17)14-24(31)28-16-20-13-21(26)7-6-19(20)8-10-27;1-2(3)4/h3-7,12-13,29H,8-11,14-16,27H2,1-2H3,(H,28,31);1H3,(H,3,4). The first-order valence-corrected chi connectivity index (χ1v) is 12.3. The van der Waals surface area contributed by atoms with Crippen LogP contribution < -0.4 is 21.2 Å². The third-order valence-corrected chi connectivity index (χ3v) is 5.97. The largest absolute Gasteiger partial charge is 0.497 e. The van der Waals surface area contributed by atoms with Crippen molar-refractivity contribution in [1.29, 1.82) is 0 Å². The molecule has 0 bridgehead atoms. The molecule has 0 atom stereocenters. The van der Waals surface area contributed by atoms with Crippen molar-refractivity contribution >= 4 is 29.4 Å². The maximum atomic E-state index is 13.0. The van der Waals surface area contributed by atoms with Gasteiger partial charge in [-0.1, -0.05) is 35.4 Å². The Balaban J connectivity index is 0.00000112. The Morgan fingerprint density at radius 1 is 1.16 bits per heavy atom. The summed E-state index contributed by atoms with van der Waals surface area (Å²) in [7, 11) is 1.62. The van der Waals surface area contributed by atoms with E-state index in [0.29, 0.717) is 49.6 Å². The van der Waals surface area contributed by atoms with Crippen LogP contribution in [0, 0.1) is 0 Å². The van der Waals surface area contributed by atoms with Gasteiger partial charge in [0, 0.05) is 37.2 Å². The van der Waals surface area contributed by atoms with Crippen molar-refractivity contribution in [1.82, 2.24) is 15.8 Å². The summed E-state index contributed by atoms with van der Waals surface area (Å²) in [4.78, 5) is 34.7. The molecule has 0 radical (unpaired) electrons. The van der Waals surface area contributed by atoms with Gasteiger partial charge >= 0.3 is 0 Å². The van der Waals surface area contributed by atoms with Gasteiger partial charge in [-0.15, -0.1) is 0 Å². The number of halogens is 1. The van der Waals surface area contributed by atoms with Gasteiger partial charge in [-0.05, 0) is 67.3 Å². The highest BCUT2D eigenvalue weighted by Crippen LogP contribution is 2.22. The van der Waals surface area contributed by atoms with Crippen molar-refractivity contribution in [3.8, 4) is 5.75 Å². The van der Waals surface area contributed by atoms with Gasteiger partial charge in [0.05, 0.1) is 13.5 Å². The second kappa shape index (κ2) is 15.0. The lowest BCUT2D eigenvalue weighted by Gasteiger charge is -2.30. The van der Waals surface area contributed by atoms with Gasteiger partial charge in [-0.25, -0.2) is 5.43 Å². The number of ether oxygens (including phenoxy) is 1. The van der Waals surface area contributed by atoms with E-state index in [2.05, 4.69) is 10.7 Å². The first kappa shape index (κ1) is 29.8. The van der Waals surface area contributed by atoms with E-state index in [9.17, 15) is 9.59 Å². The summed E-state index contributed by atoms with van der Waals surface area (Å²) in [6.45, 7) is 4.90. The Kier molecular flexibility index (Phi) is 12.1. The second-order valence-corrected chi connectivity index (χ2v) is 9.01. The molecule has 9 nitrogen and oxygen atoms in total. The molecule has 2 aromatic carbocycles. The fourth-order valence-electron chi connectivity index (χ4n) is 3.80. The molecule has 5 N–H and O–H groups in total. The second-order valence-electron chi connectivity index (χ2n) is 8.58. The fraction of sp³-hybridized carbons (Fsp3) is 0.370. The van der Waals surface area contributed by atoms with Crippen molar-refractivity contribution in [3.63, 3.8) is 0 Å². The Morgan fingerprint density at radius 2 is 1.89 bits per heavy atom. The third-order valence-electron chi connectivity index (χ3n) is 5.73. The highest BCUT2D eigenvalue weighted by atomic mass is 35.5. The number of carbonyl (C=O) groups excluding carboxylic acids is 2. The Hall–Kier alpha value is -3.40. The predicted molar refractivity (Wildman–Crippen MR) is 143 cm³/mol. The first-order valence-electron chi connectivity index (χ1n) is 11.9. The number of carboxylic acids is 1. The lowest BCUT2D eigenvalue weighted by Crippen LogP contribution is -2.46. The van der Waals surface area contributed by atoms with Crippen LogP contribution in [0.2, 0.25) is 5.02 Å². The number of carbonyl (C=O) groups is 3. The summed E-state index contributed by atoms with van der Waals surface area (Å²) in [5, 5.41) is 12.5. The van der Waals surface area contributed by atoms with Crippen molar-refractivity contribution < 1.29 is 24.2 Å². The molecule has 2 aromatic rings. The van der Waals surface area contributed by atoms with Crippen LogP contribution >= 0.6 is 11.6 Å². The molecule has 37 heavy (non-hydrogen) atoms. The highest BCUT2D eigenvalue weighted by molar-refractivity contribution is 6.30. The Bertz CT molecular complexity index is 1130. The summed E-state index contributed by atoms with van der Waals surface area (Å²) < 4.78 is 5.25. The third kappa shape index (κ3) is 9.87. The molecule has 10 heteroatoms. The summed E-state index contributed by atoms with van der Waals surface area (Å²) in [5.41, 5.74) is 13.3. The average molecular weight is 531 g/mol. The molecule has 200 valence electrons. The molecule has 0 aliphatic carbocycles. The monoisotopic (exact) mass is 530 g/mol. The molecule has 0 saturated heterocycles. The molecule has 0 fully saturated rings. The number of nitrogens with zero attached hydrogens (tertiary/aromatic N) is 1. The number of hydrogen-bond donors (Lipinski definition) is 4. The maximum absolute atomic E-state index is 13.0. The topological polar surface area (TPSA) is 134 Å². The van der Waals surface area contributed by atoms with Gasteiger partial charge in [-0.3, -0.25) is 19.4 Å². The van der Waals surface area contributed by atoms with E-state index in [1.807, 2.05) is 49.4 Å². The molecule has 0 unspecified atom stereocenters. The minimum atomic E-state index is -0.833. The van der Waals surface area contributed by atoms with Crippen LogP contribution in [0.25, 0.3) is 0 Å². The smallest absolute Gasteiger partial charge is 0.300 e. The van der Waals surface area contributed by atoms with Gasteiger partial charge in [0.2, 0.25) is 5.91 Å². The van der Waals surface area contributed by atoms with Crippen LogP contribution in [-0.4, -0.2) is 48.1 Å². The number of carboxylic acid groups (broad SMARTS) is 1. The predicted octanol–water partition coefficient (Wildman–Crippen LogP) is 3.20. The summed E-state index contributed by atoms with van der Waals surface area (Å²) in [6.07, 6.45) is 1.46. The number of nitrogens with two attached hydrogens (primary N) is 1. The number of hydrazine groups is 1. The molecule has 0 spiro atoms. The van der Waals surface area contributed by atoms with Gasteiger partial charge in [0.1, 0.15) is 5.75 Å². The van der Waals surface area contributed by atoms with E-state index in [0.717, 1.165) is 34.9 Å². The van der Waals surface area contributed by atoms with Gasteiger partial charge in [0.25, 0.3) is 11.9 Å². The maximum Gasteiger partial charge on any atom is 0.300 e. The normalized spacial score (nSPS) is 13.1. The molecular weight excluding hydrogens is 496 g/mol. The number of aliphatic carboxylic acids is 1. The summed E-state index contributed by atoms with van der Waals surface area (Å²) >= 11 is 6.12. The van der Waals surface area contributed by atoms with E-state index >= 15 is 0 Å². The van der Waals surface area contributed by atoms with Crippen molar-refractivity contribution in [3.05, 3.63) is 75.3 Å². The van der Waals surface area contributed by atoms with Gasteiger partial charge in [-0.2, -0.15) is 0 Å². The highest BCUT2D eigenvalue weighted by Gasteiger charge is 2.26. The van der Waals surface area contributed by atoms with Crippen molar-refractivity contribution in [2.45, 2.75) is 46.2 Å². The summed E-state index contributed by atoms with van der Waals surface area (Å²) in [5.74, 6) is -0.434. The van der Waals surface area contributed by atoms with Crippen LogP contribution in [0.15, 0.2) is 53.6 Å². The van der Waals surface area contributed by atoms with Crippen LogP contribution in [-0.2, 0) is 33.9 Å². The molecule has 1 aliphatic rings. The lowest BCUT2D eigenvalue weighted by molar-refractivity contribution is -0.134. The molecular formula is C27H35ClN4O5. The zero-order chi connectivity index (χ0) is 27.4. The quantitative estimate of drug-likeness (QED) is 0.370. The minimum Gasteiger partial charge on any atom is -0.497 e. The molecule has 1 heterocycles. The SMILES string of the molecule is CC(=O)O.COc1cccc(CNN2CCC(C)=C(CC(=O)NCc3cc(Cl)ccc3CCN)C2=O)c1. The number of methoxy groups -OCH3 is 1. The Morgan fingerprint density at radius 3 is 2.57 bits per heavy atom. The molecule has 1 aliphatic heterocycles. The van der Waals surface area contributed by atoms with E-state index in [1.54, 1.807) is 12.1 Å². The first-order chi connectivity index (χ1) is 17.6. The van der Waals surface area contributed by atoms with Gasteiger partial charge in [0.15, 0.2) is 0 Å². The summed E-state index contributed by atoms with van der Waals surface area (Å²) in [6, 6.07) is 13.3. The molecule has 2 amide bonds. The molecule has 3 rings (SSSR count). The van der Waals surface area contributed by atoms with Crippen molar-refractivity contribution in [2.75, 3.05) is 20.2 Å². The van der Waals surface area contributed by atoms with Crippen LogP contribution in [0.1, 0.15) is 43.4 Å². The minimum absolute atomic E-state index is 0.0365. The van der Waals surface area contributed by atoms with Gasteiger partial charge < -0.3 is 20.9 Å². The Labute approximate surface area is 222 Å². The average Bonchev–Trinajstić information content (AvgIpc) is 2.86.